The van der Waals surface area contributed by atoms with Crippen molar-refractivity contribution in [2.24, 2.45) is 5.92 Å². The van der Waals surface area contributed by atoms with Crippen molar-refractivity contribution in [3.8, 4) is 0 Å². The number of aliphatic hydroxyl groups excluding tert-OH is 1. The lowest BCUT2D eigenvalue weighted by Crippen LogP contribution is -2.21. The second kappa shape index (κ2) is 5.04. The Morgan fingerprint density at radius 2 is 2.29 bits per heavy atom. The maximum atomic E-state index is 9.12. The molecule has 17 heavy (non-hydrogen) atoms. The fraction of sp³-hybridized carbons (Fsp3) is 0.769. The third-order valence-electron chi connectivity index (χ3n) is 3.31. The Bertz CT molecular complexity index is 370. The third-order valence-corrected chi connectivity index (χ3v) is 4.14. The molecule has 0 aliphatic carbocycles. The average molecular weight is 254 g/mol. The van der Waals surface area contributed by atoms with Crippen LogP contribution in [0.15, 0.2) is 5.38 Å². The van der Waals surface area contributed by atoms with Crippen molar-refractivity contribution in [3.63, 3.8) is 0 Å². The van der Waals surface area contributed by atoms with Gasteiger partial charge in [-0.1, -0.05) is 20.8 Å². The standard InChI is InChI=1S/C13H22N2OS/c1-13(2,3)11-9-17-12(14-11)7-15-5-4-10(6-15)8-16/h9-10,16H,4-8H2,1-3H3. The SMILES string of the molecule is CC(C)(C)c1csc(CN2CCC(CO)C2)n1. The molecule has 1 aromatic rings. The number of likely N-dealkylation sites (tertiary alicyclic amines) is 1. The molecule has 0 aromatic carbocycles. The fourth-order valence-corrected chi connectivity index (χ4v) is 3.19. The number of aromatic nitrogens is 1. The summed E-state index contributed by atoms with van der Waals surface area (Å²) in [5.74, 6) is 0.469. The van der Waals surface area contributed by atoms with E-state index < -0.39 is 0 Å². The molecular formula is C13H22N2OS. The van der Waals surface area contributed by atoms with Gasteiger partial charge in [0.05, 0.1) is 12.2 Å². The van der Waals surface area contributed by atoms with Gasteiger partial charge < -0.3 is 5.11 Å². The van der Waals surface area contributed by atoms with Crippen molar-refractivity contribution in [1.29, 1.82) is 0 Å². The first-order valence-electron chi connectivity index (χ1n) is 6.27. The summed E-state index contributed by atoms with van der Waals surface area (Å²) in [4.78, 5) is 7.11. The zero-order chi connectivity index (χ0) is 12.5. The molecular weight excluding hydrogens is 232 g/mol. The van der Waals surface area contributed by atoms with Crippen molar-refractivity contribution in [2.45, 2.75) is 39.2 Å². The van der Waals surface area contributed by atoms with Crippen LogP contribution in [0.3, 0.4) is 0 Å². The van der Waals surface area contributed by atoms with E-state index in [2.05, 4.69) is 31.1 Å². The van der Waals surface area contributed by atoms with Crippen LogP contribution in [0.1, 0.15) is 37.9 Å². The molecule has 1 aliphatic heterocycles. The number of rotatable bonds is 3. The van der Waals surface area contributed by atoms with E-state index in [1.54, 1.807) is 11.3 Å². The summed E-state index contributed by atoms with van der Waals surface area (Å²) >= 11 is 1.76. The van der Waals surface area contributed by atoms with E-state index in [0.717, 1.165) is 26.1 Å². The molecule has 1 saturated heterocycles. The summed E-state index contributed by atoms with van der Waals surface area (Å²) in [7, 11) is 0. The van der Waals surface area contributed by atoms with Crippen LogP contribution in [0.2, 0.25) is 0 Å². The van der Waals surface area contributed by atoms with Gasteiger partial charge in [-0.05, 0) is 18.9 Å². The minimum atomic E-state index is 0.146. The summed E-state index contributed by atoms with van der Waals surface area (Å²) in [6.45, 7) is 9.96. The third kappa shape index (κ3) is 3.27. The second-order valence-electron chi connectivity index (χ2n) is 5.95. The van der Waals surface area contributed by atoms with Gasteiger partial charge in [-0.3, -0.25) is 4.90 Å². The van der Waals surface area contributed by atoms with Crippen LogP contribution in [-0.4, -0.2) is 34.7 Å². The molecule has 1 unspecified atom stereocenters. The molecule has 0 radical (unpaired) electrons. The first-order chi connectivity index (χ1) is 7.99. The first kappa shape index (κ1) is 13.0. The van der Waals surface area contributed by atoms with Gasteiger partial charge in [0.15, 0.2) is 0 Å². The van der Waals surface area contributed by atoms with E-state index in [4.69, 9.17) is 10.1 Å². The van der Waals surface area contributed by atoms with Crippen LogP contribution in [0, 0.1) is 5.92 Å². The first-order valence-corrected chi connectivity index (χ1v) is 7.15. The molecule has 3 nitrogen and oxygen atoms in total. The monoisotopic (exact) mass is 254 g/mol. The number of aliphatic hydroxyl groups is 1. The van der Waals surface area contributed by atoms with Crippen molar-refractivity contribution in [1.82, 2.24) is 9.88 Å². The largest absolute Gasteiger partial charge is 0.396 e. The van der Waals surface area contributed by atoms with E-state index >= 15 is 0 Å². The molecule has 1 aliphatic rings. The van der Waals surface area contributed by atoms with Crippen molar-refractivity contribution in [2.75, 3.05) is 19.7 Å². The Morgan fingerprint density at radius 1 is 1.53 bits per heavy atom. The number of nitrogens with zero attached hydrogens (tertiary/aromatic N) is 2. The Morgan fingerprint density at radius 3 is 2.82 bits per heavy atom. The summed E-state index contributed by atoms with van der Waals surface area (Å²) < 4.78 is 0. The van der Waals surface area contributed by atoms with E-state index in [-0.39, 0.29) is 5.41 Å². The summed E-state index contributed by atoms with van der Waals surface area (Å²) in [6, 6.07) is 0. The Kier molecular flexibility index (Phi) is 3.85. The van der Waals surface area contributed by atoms with Gasteiger partial charge in [-0.2, -0.15) is 0 Å². The normalized spacial score (nSPS) is 22.2. The number of thiazole rings is 1. The zero-order valence-electron chi connectivity index (χ0n) is 10.9. The van der Waals surface area contributed by atoms with Gasteiger partial charge in [0.2, 0.25) is 0 Å². The van der Waals surface area contributed by atoms with Crippen molar-refractivity contribution in [3.05, 3.63) is 16.1 Å². The van der Waals surface area contributed by atoms with Gasteiger partial charge in [0.25, 0.3) is 0 Å². The minimum Gasteiger partial charge on any atom is -0.396 e. The van der Waals surface area contributed by atoms with Gasteiger partial charge in [-0.15, -0.1) is 11.3 Å². The molecule has 0 bridgehead atoms. The number of hydrogen-bond acceptors (Lipinski definition) is 4. The van der Waals surface area contributed by atoms with Gasteiger partial charge in [0, 0.05) is 23.9 Å². The fourth-order valence-electron chi connectivity index (χ4n) is 2.12. The second-order valence-corrected chi connectivity index (χ2v) is 6.89. The predicted octanol–water partition coefficient (Wildman–Crippen LogP) is 2.25. The van der Waals surface area contributed by atoms with E-state index in [1.807, 2.05) is 0 Å². The quantitative estimate of drug-likeness (QED) is 0.899. The molecule has 4 heteroatoms. The van der Waals surface area contributed by atoms with Gasteiger partial charge in [-0.25, -0.2) is 4.98 Å². The van der Waals surface area contributed by atoms with Crippen LogP contribution in [0.25, 0.3) is 0 Å². The molecule has 0 spiro atoms. The number of hydrogen-bond donors (Lipinski definition) is 1. The lowest BCUT2D eigenvalue weighted by Gasteiger charge is -2.15. The Labute approximate surface area is 107 Å². The zero-order valence-corrected chi connectivity index (χ0v) is 11.8. The summed E-state index contributed by atoms with van der Waals surface area (Å²) in [5, 5.41) is 12.5. The van der Waals surface area contributed by atoms with E-state index in [1.165, 1.54) is 10.7 Å². The Balaban J connectivity index is 1.94. The predicted molar refractivity (Wildman–Crippen MR) is 71.3 cm³/mol. The molecule has 0 amide bonds. The van der Waals surface area contributed by atoms with E-state index in [9.17, 15) is 0 Å². The van der Waals surface area contributed by atoms with E-state index in [0.29, 0.717) is 12.5 Å². The molecule has 1 N–H and O–H groups in total. The average Bonchev–Trinajstić information content (AvgIpc) is 2.86. The van der Waals surface area contributed by atoms with Crippen LogP contribution < -0.4 is 0 Å². The van der Waals surface area contributed by atoms with Crippen molar-refractivity contribution >= 4 is 11.3 Å². The van der Waals surface area contributed by atoms with Crippen LogP contribution in [-0.2, 0) is 12.0 Å². The molecule has 1 fully saturated rings. The van der Waals surface area contributed by atoms with Crippen LogP contribution >= 0.6 is 11.3 Å². The highest BCUT2D eigenvalue weighted by molar-refractivity contribution is 7.09. The molecule has 1 atom stereocenters. The molecule has 0 saturated carbocycles. The topological polar surface area (TPSA) is 36.4 Å². The Hall–Kier alpha value is -0.450. The maximum absolute atomic E-state index is 9.12. The summed E-state index contributed by atoms with van der Waals surface area (Å²) in [5.41, 5.74) is 1.34. The van der Waals surface area contributed by atoms with Gasteiger partial charge in [0.1, 0.15) is 5.01 Å². The minimum absolute atomic E-state index is 0.146. The lowest BCUT2D eigenvalue weighted by atomic mass is 9.93. The van der Waals surface area contributed by atoms with Crippen LogP contribution in [0.5, 0.6) is 0 Å². The lowest BCUT2D eigenvalue weighted by molar-refractivity contribution is 0.220. The molecule has 2 heterocycles. The molecule has 1 aromatic heterocycles. The molecule has 2 rings (SSSR count). The highest BCUT2D eigenvalue weighted by atomic mass is 32.1. The van der Waals surface area contributed by atoms with Crippen molar-refractivity contribution < 1.29 is 5.11 Å². The highest BCUT2D eigenvalue weighted by Gasteiger charge is 2.23. The maximum Gasteiger partial charge on any atom is 0.107 e. The molecule has 96 valence electrons. The van der Waals surface area contributed by atoms with Crippen LogP contribution in [0.4, 0.5) is 0 Å². The highest BCUT2D eigenvalue weighted by Crippen LogP contribution is 2.25. The summed E-state index contributed by atoms with van der Waals surface area (Å²) in [6.07, 6.45) is 1.12. The van der Waals surface area contributed by atoms with Gasteiger partial charge >= 0.3 is 0 Å². The smallest absolute Gasteiger partial charge is 0.107 e.